The summed E-state index contributed by atoms with van der Waals surface area (Å²) >= 11 is 0. The van der Waals surface area contributed by atoms with Crippen molar-refractivity contribution in [2.75, 3.05) is 25.6 Å². The Bertz CT molecular complexity index is 885. The van der Waals surface area contributed by atoms with Crippen molar-refractivity contribution in [1.29, 1.82) is 0 Å². The molecule has 1 aliphatic heterocycles. The molecule has 1 heterocycles. The lowest BCUT2D eigenvalue weighted by Gasteiger charge is -2.28. The molecule has 1 aliphatic rings. The van der Waals surface area contributed by atoms with Crippen molar-refractivity contribution >= 4 is 17.7 Å². The molecular formula is C23H28N2O4. The van der Waals surface area contributed by atoms with Crippen LogP contribution in [0.4, 0.5) is 10.5 Å². The van der Waals surface area contributed by atoms with Gasteiger partial charge in [0.15, 0.2) is 6.61 Å². The molecule has 0 radical (unpaired) electrons. The molecule has 0 saturated carbocycles. The van der Waals surface area contributed by atoms with Gasteiger partial charge in [0.25, 0.3) is 5.91 Å². The molecule has 6 heteroatoms. The zero-order chi connectivity index (χ0) is 21.0. The van der Waals surface area contributed by atoms with Crippen LogP contribution in [0.1, 0.15) is 37.5 Å². The topological polar surface area (TPSA) is 67.9 Å². The van der Waals surface area contributed by atoms with E-state index in [9.17, 15) is 9.59 Å². The van der Waals surface area contributed by atoms with Gasteiger partial charge in [0.05, 0.1) is 7.11 Å². The molecule has 0 fully saturated rings. The number of ether oxygens (including phenoxy) is 2. The fourth-order valence-corrected chi connectivity index (χ4v) is 3.32. The number of fused-ring (bicyclic) bond motifs is 1. The summed E-state index contributed by atoms with van der Waals surface area (Å²) in [6, 6.07) is 13.6. The van der Waals surface area contributed by atoms with Gasteiger partial charge < -0.3 is 19.7 Å². The van der Waals surface area contributed by atoms with Gasteiger partial charge in [-0.25, -0.2) is 4.79 Å². The summed E-state index contributed by atoms with van der Waals surface area (Å²) in [6.45, 7) is 7.49. The molecule has 2 aromatic rings. The van der Waals surface area contributed by atoms with Crippen molar-refractivity contribution in [3.63, 3.8) is 0 Å². The molecule has 3 rings (SSSR count). The highest BCUT2D eigenvalue weighted by Crippen LogP contribution is 2.25. The Morgan fingerprint density at radius 1 is 1.07 bits per heavy atom. The Balaban J connectivity index is 1.57. The highest BCUT2D eigenvalue weighted by molar-refractivity contribution is 5.92. The van der Waals surface area contributed by atoms with Gasteiger partial charge in [-0.1, -0.05) is 39.0 Å². The van der Waals surface area contributed by atoms with Crippen LogP contribution in [0.5, 0.6) is 5.75 Å². The lowest BCUT2D eigenvalue weighted by molar-refractivity contribution is -0.118. The Hall–Kier alpha value is -3.02. The summed E-state index contributed by atoms with van der Waals surface area (Å²) in [5, 5.41) is 2.86. The quantitative estimate of drug-likeness (QED) is 0.844. The summed E-state index contributed by atoms with van der Waals surface area (Å²) in [4.78, 5) is 25.7. The van der Waals surface area contributed by atoms with Crippen LogP contribution >= 0.6 is 0 Å². The fraction of sp³-hybridized carbons (Fsp3) is 0.391. The molecule has 0 atom stereocenters. The first kappa shape index (κ1) is 20.7. The van der Waals surface area contributed by atoms with Crippen LogP contribution in [0.3, 0.4) is 0 Å². The molecule has 0 unspecified atom stereocenters. The van der Waals surface area contributed by atoms with Crippen molar-refractivity contribution in [3.8, 4) is 5.75 Å². The SMILES string of the molecule is COC(=O)N1CCc2ccc(NC(=O)COc3ccc(C(C)(C)C)cc3)cc2C1. The zero-order valence-electron chi connectivity index (χ0n) is 17.5. The second-order valence-corrected chi connectivity index (χ2v) is 8.24. The number of hydrogen-bond acceptors (Lipinski definition) is 4. The number of nitrogens with one attached hydrogen (secondary N) is 1. The van der Waals surface area contributed by atoms with Crippen LogP contribution < -0.4 is 10.1 Å². The van der Waals surface area contributed by atoms with Crippen molar-refractivity contribution in [1.82, 2.24) is 4.90 Å². The standard InChI is InChI=1S/C23H28N2O4/c1-23(2,3)18-6-9-20(10-7-18)29-15-21(26)24-19-8-5-16-11-12-25(22(27)28-4)14-17(16)13-19/h5-10,13H,11-12,14-15H2,1-4H3,(H,24,26). The van der Waals surface area contributed by atoms with Crippen molar-refractivity contribution in [3.05, 3.63) is 59.2 Å². The maximum Gasteiger partial charge on any atom is 0.409 e. The van der Waals surface area contributed by atoms with E-state index >= 15 is 0 Å². The normalized spacial score (nSPS) is 13.4. The largest absolute Gasteiger partial charge is 0.484 e. The van der Waals surface area contributed by atoms with E-state index in [1.807, 2.05) is 42.5 Å². The molecule has 6 nitrogen and oxygen atoms in total. The van der Waals surface area contributed by atoms with Gasteiger partial charge >= 0.3 is 6.09 Å². The van der Waals surface area contributed by atoms with Crippen LogP contribution in [0, 0.1) is 0 Å². The van der Waals surface area contributed by atoms with Gasteiger partial charge in [-0.2, -0.15) is 0 Å². The minimum atomic E-state index is -0.337. The molecule has 2 aromatic carbocycles. The predicted molar refractivity (Wildman–Crippen MR) is 112 cm³/mol. The lowest BCUT2D eigenvalue weighted by atomic mass is 9.87. The number of rotatable bonds is 4. The van der Waals surface area contributed by atoms with E-state index in [4.69, 9.17) is 9.47 Å². The third kappa shape index (κ3) is 5.28. The number of hydrogen-bond donors (Lipinski definition) is 1. The van der Waals surface area contributed by atoms with Gasteiger partial charge in [0, 0.05) is 18.8 Å². The fourth-order valence-electron chi connectivity index (χ4n) is 3.32. The maximum absolute atomic E-state index is 12.3. The molecule has 0 spiro atoms. The number of carbonyl (C=O) groups excluding carboxylic acids is 2. The first-order valence-electron chi connectivity index (χ1n) is 9.74. The van der Waals surface area contributed by atoms with E-state index in [1.165, 1.54) is 18.2 Å². The highest BCUT2D eigenvalue weighted by Gasteiger charge is 2.21. The summed E-state index contributed by atoms with van der Waals surface area (Å²) in [7, 11) is 1.38. The minimum absolute atomic E-state index is 0.0692. The number of amides is 2. The number of anilines is 1. The van der Waals surface area contributed by atoms with Gasteiger partial charge in [0.2, 0.25) is 0 Å². The number of nitrogens with zero attached hydrogens (tertiary/aromatic N) is 1. The second kappa shape index (κ2) is 8.55. The predicted octanol–water partition coefficient (Wildman–Crippen LogP) is 4.13. The van der Waals surface area contributed by atoms with Crippen LogP contribution in [0.2, 0.25) is 0 Å². The van der Waals surface area contributed by atoms with E-state index in [1.54, 1.807) is 4.90 Å². The van der Waals surface area contributed by atoms with Gasteiger partial charge in [-0.05, 0) is 52.8 Å². The van der Waals surface area contributed by atoms with Crippen molar-refractivity contribution in [2.24, 2.45) is 0 Å². The molecule has 0 aromatic heterocycles. The van der Waals surface area contributed by atoms with E-state index < -0.39 is 0 Å². The molecule has 1 N–H and O–H groups in total. The first-order valence-corrected chi connectivity index (χ1v) is 9.74. The summed E-state index contributed by atoms with van der Waals surface area (Å²) < 4.78 is 10.4. The Morgan fingerprint density at radius 3 is 2.45 bits per heavy atom. The average molecular weight is 396 g/mol. The van der Waals surface area contributed by atoms with E-state index in [-0.39, 0.29) is 24.0 Å². The lowest BCUT2D eigenvalue weighted by Crippen LogP contribution is -2.35. The third-order valence-electron chi connectivity index (χ3n) is 5.03. The second-order valence-electron chi connectivity index (χ2n) is 8.24. The molecule has 0 aliphatic carbocycles. The Morgan fingerprint density at radius 2 is 1.79 bits per heavy atom. The van der Waals surface area contributed by atoms with Crippen LogP contribution in [0.15, 0.2) is 42.5 Å². The molecule has 29 heavy (non-hydrogen) atoms. The highest BCUT2D eigenvalue weighted by atomic mass is 16.5. The Kier molecular flexibility index (Phi) is 6.11. The number of carbonyl (C=O) groups is 2. The van der Waals surface area contributed by atoms with E-state index in [0.717, 1.165) is 12.0 Å². The smallest absolute Gasteiger partial charge is 0.409 e. The van der Waals surface area contributed by atoms with Crippen LogP contribution in [-0.2, 0) is 27.9 Å². The molecule has 2 amide bonds. The monoisotopic (exact) mass is 396 g/mol. The van der Waals surface area contributed by atoms with Crippen LogP contribution in [-0.4, -0.2) is 37.2 Å². The molecule has 0 saturated heterocycles. The van der Waals surface area contributed by atoms with Crippen LogP contribution in [0.25, 0.3) is 0 Å². The maximum atomic E-state index is 12.3. The molecule has 154 valence electrons. The third-order valence-corrected chi connectivity index (χ3v) is 5.03. The zero-order valence-corrected chi connectivity index (χ0v) is 17.5. The first-order chi connectivity index (χ1) is 13.8. The summed E-state index contributed by atoms with van der Waals surface area (Å²) in [5.41, 5.74) is 4.17. The minimum Gasteiger partial charge on any atom is -0.484 e. The average Bonchev–Trinajstić information content (AvgIpc) is 2.70. The Labute approximate surface area is 171 Å². The van der Waals surface area contributed by atoms with Gasteiger partial charge in [0.1, 0.15) is 5.75 Å². The molecule has 0 bridgehead atoms. The molecular weight excluding hydrogens is 368 g/mol. The summed E-state index contributed by atoms with van der Waals surface area (Å²) in [5.74, 6) is 0.429. The number of benzene rings is 2. The number of methoxy groups -OCH3 is 1. The van der Waals surface area contributed by atoms with Crippen molar-refractivity contribution in [2.45, 2.75) is 39.2 Å². The summed E-state index contributed by atoms with van der Waals surface area (Å²) in [6.07, 6.45) is 0.433. The van der Waals surface area contributed by atoms with E-state index in [2.05, 4.69) is 26.1 Å². The van der Waals surface area contributed by atoms with Gasteiger partial charge in [-0.15, -0.1) is 0 Å². The van der Waals surface area contributed by atoms with Crippen molar-refractivity contribution < 1.29 is 19.1 Å². The van der Waals surface area contributed by atoms with E-state index in [0.29, 0.717) is 24.5 Å². The van der Waals surface area contributed by atoms with Gasteiger partial charge in [-0.3, -0.25) is 4.79 Å².